The van der Waals surface area contributed by atoms with Gasteiger partial charge in [-0.2, -0.15) is 5.10 Å². The number of hydrogen-bond donors (Lipinski definition) is 3. The zero-order valence-electron chi connectivity index (χ0n) is 17.8. The molecule has 0 bridgehead atoms. The van der Waals surface area contributed by atoms with Crippen molar-refractivity contribution in [2.24, 2.45) is 7.05 Å². The van der Waals surface area contributed by atoms with E-state index in [0.717, 1.165) is 0 Å². The van der Waals surface area contributed by atoms with E-state index in [-0.39, 0.29) is 16.3 Å². The Kier molecular flexibility index (Phi) is 14.7. The van der Waals surface area contributed by atoms with Crippen molar-refractivity contribution in [2.75, 3.05) is 19.4 Å². The van der Waals surface area contributed by atoms with Crippen LogP contribution in [-0.4, -0.2) is 35.7 Å². The van der Waals surface area contributed by atoms with Gasteiger partial charge in [0.25, 0.3) is 11.8 Å². The minimum atomic E-state index is -0.449. The van der Waals surface area contributed by atoms with Gasteiger partial charge in [-0.05, 0) is 41.9 Å². The fraction of sp³-hybridized carbons (Fsp3) is 0.250. The average molecular weight is 554 g/mol. The molecule has 3 N–H and O–H groups in total. The van der Waals surface area contributed by atoms with Gasteiger partial charge >= 0.3 is 0 Å². The van der Waals surface area contributed by atoms with Gasteiger partial charge in [0, 0.05) is 44.0 Å². The minimum Gasteiger partial charge on any atom is -0.393 e. The predicted molar refractivity (Wildman–Crippen MR) is 133 cm³/mol. The Morgan fingerprint density at radius 1 is 1.10 bits per heavy atom. The van der Waals surface area contributed by atoms with Crippen LogP contribution in [0.1, 0.15) is 34.7 Å². The molecule has 0 saturated heterocycles. The Morgan fingerprint density at radius 3 is 2.10 bits per heavy atom. The van der Waals surface area contributed by atoms with Crippen molar-refractivity contribution < 1.29 is 9.59 Å². The molecule has 2 aromatic rings. The Bertz CT molecular complexity index is 926. The van der Waals surface area contributed by atoms with Gasteiger partial charge in [-0.3, -0.25) is 14.3 Å². The van der Waals surface area contributed by atoms with E-state index in [0.29, 0.717) is 15.3 Å². The molecule has 2 amide bonds. The number of anilines is 1. The number of hydrogen-bond acceptors (Lipinski definition) is 4. The van der Waals surface area contributed by atoms with Crippen molar-refractivity contribution in [3.05, 3.63) is 68.0 Å². The van der Waals surface area contributed by atoms with E-state index in [4.69, 9.17) is 34.8 Å². The second kappa shape index (κ2) is 15.8. The molecule has 7 nitrogen and oxygen atoms in total. The number of aromatic nitrogens is 2. The smallest absolute Gasteiger partial charge is 0.274 e. The number of benzene rings is 1. The first-order valence-electron chi connectivity index (χ1n) is 8.88. The lowest BCUT2D eigenvalue weighted by atomic mass is 10.1. The summed E-state index contributed by atoms with van der Waals surface area (Å²) in [6, 6.07) is 4.43. The van der Waals surface area contributed by atoms with Gasteiger partial charge < -0.3 is 16.0 Å². The topological polar surface area (TPSA) is 88.0 Å². The van der Waals surface area contributed by atoms with Crippen LogP contribution in [0.25, 0.3) is 0 Å². The molecule has 1 aromatic carbocycles. The second-order valence-corrected chi connectivity index (χ2v) is 7.48. The summed E-state index contributed by atoms with van der Waals surface area (Å²) >= 11 is 20.3. The molecule has 1 aromatic heterocycles. The summed E-state index contributed by atoms with van der Waals surface area (Å²) in [6.45, 7) is 4.00. The molecule has 11 heteroatoms. The molecule has 31 heavy (non-hydrogen) atoms. The summed E-state index contributed by atoms with van der Waals surface area (Å²) in [7, 11) is 4.89. The maximum Gasteiger partial charge on any atom is 0.274 e. The summed E-state index contributed by atoms with van der Waals surface area (Å²) in [4.78, 5) is 24.3. The van der Waals surface area contributed by atoms with Crippen molar-refractivity contribution in [3.63, 3.8) is 0 Å². The maximum absolute atomic E-state index is 12.3. The van der Waals surface area contributed by atoms with E-state index in [1.165, 1.54) is 29.4 Å². The molecule has 0 aliphatic heterocycles. The number of carbonyl (C=O) groups excluding carboxylic acids is 2. The van der Waals surface area contributed by atoms with E-state index >= 15 is 0 Å². The fourth-order valence-electron chi connectivity index (χ4n) is 1.90. The van der Waals surface area contributed by atoms with Crippen LogP contribution in [0.3, 0.4) is 0 Å². The Morgan fingerprint density at radius 2 is 1.71 bits per heavy atom. The van der Waals surface area contributed by atoms with E-state index in [1.807, 2.05) is 26.0 Å². The highest BCUT2D eigenvalue weighted by atomic mass is 79.9. The number of nitrogens with zero attached hydrogens (tertiary/aromatic N) is 2. The SMILES string of the molecule is C/C=C\C.CN/C=C/Cl.CNC(=O)c1cc(Cl)cc(Cl)c1NC(=O)c1cc(Br)nn1C. The lowest BCUT2D eigenvalue weighted by Crippen LogP contribution is -2.23. The molecule has 0 spiro atoms. The van der Waals surface area contributed by atoms with Crippen LogP contribution in [0.4, 0.5) is 5.69 Å². The molecule has 0 aliphatic rings. The molecule has 0 aliphatic carbocycles. The van der Waals surface area contributed by atoms with Gasteiger partial charge in [-0.15, -0.1) is 0 Å². The highest BCUT2D eigenvalue weighted by molar-refractivity contribution is 9.10. The van der Waals surface area contributed by atoms with Crippen molar-refractivity contribution >= 4 is 68.2 Å². The summed E-state index contributed by atoms with van der Waals surface area (Å²) < 4.78 is 1.93. The Hall–Kier alpha value is -2.00. The van der Waals surface area contributed by atoms with Crippen molar-refractivity contribution in [1.29, 1.82) is 0 Å². The normalized spacial score (nSPS) is 10.1. The first kappa shape index (κ1) is 29.0. The second-order valence-electron chi connectivity index (χ2n) is 5.57. The van der Waals surface area contributed by atoms with Crippen LogP contribution in [0.5, 0.6) is 0 Å². The fourth-order valence-corrected chi connectivity index (χ4v) is 3.02. The van der Waals surface area contributed by atoms with Gasteiger partial charge in [-0.25, -0.2) is 0 Å². The van der Waals surface area contributed by atoms with Crippen LogP contribution in [0.2, 0.25) is 10.0 Å². The zero-order chi connectivity index (χ0) is 24.0. The van der Waals surface area contributed by atoms with Crippen LogP contribution < -0.4 is 16.0 Å². The molecule has 2 rings (SSSR count). The van der Waals surface area contributed by atoms with Gasteiger partial charge in [0.05, 0.1) is 16.3 Å². The maximum atomic E-state index is 12.3. The predicted octanol–water partition coefficient (Wildman–Crippen LogP) is 5.60. The van der Waals surface area contributed by atoms with Crippen LogP contribution in [-0.2, 0) is 7.05 Å². The summed E-state index contributed by atoms with van der Waals surface area (Å²) in [5.74, 6) is -0.860. The summed E-state index contributed by atoms with van der Waals surface area (Å²) in [5.41, 5.74) is 2.09. The number of allylic oxidation sites excluding steroid dienone is 2. The largest absolute Gasteiger partial charge is 0.393 e. The lowest BCUT2D eigenvalue weighted by molar-refractivity contribution is 0.0964. The number of amides is 2. The van der Waals surface area contributed by atoms with Gasteiger partial charge in [0.1, 0.15) is 10.3 Å². The monoisotopic (exact) mass is 551 g/mol. The lowest BCUT2D eigenvalue weighted by Gasteiger charge is -2.12. The van der Waals surface area contributed by atoms with Crippen LogP contribution in [0, 0.1) is 0 Å². The summed E-state index contributed by atoms with van der Waals surface area (Å²) in [6.07, 6.45) is 5.64. The molecule has 0 fully saturated rings. The van der Waals surface area contributed by atoms with Crippen molar-refractivity contribution in [2.45, 2.75) is 13.8 Å². The molecule has 0 radical (unpaired) electrons. The van der Waals surface area contributed by atoms with Crippen molar-refractivity contribution in [3.8, 4) is 0 Å². The Balaban J connectivity index is 0.000000846. The number of halogens is 4. The van der Waals surface area contributed by atoms with Crippen molar-refractivity contribution in [1.82, 2.24) is 20.4 Å². The van der Waals surface area contributed by atoms with E-state index in [1.54, 1.807) is 26.4 Å². The van der Waals surface area contributed by atoms with E-state index in [9.17, 15) is 9.59 Å². The molecular formula is C20H25BrCl3N5O2. The van der Waals surface area contributed by atoms with E-state index < -0.39 is 11.8 Å². The third-order valence-electron chi connectivity index (χ3n) is 3.41. The van der Waals surface area contributed by atoms with Crippen LogP contribution in [0.15, 0.2) is 46.7 Å². The van der Waals surface area contributed by atoms with Gasteiger partial charge in [0.2, 0.25) is 0 Å². The average Bonchev–Trinajstić information content (AvgIpc) is 3.08. The number of rotatable bonds is 4. The molecule has 0 unspecified atom stereocenters. The standard InChI is InChI=1S/C13H11BrCl2N4O2.C4H8.C3H6ClN/c1-17-12(21)7-3-6(15)4-8(16)11(7)18-13(22)9-5-10(14)19-20(9)2;1-3-4-2;1-5-3-2-4/h3-5H,1-2H3,(H,17,21)(H,18,22);3-4H,1-2H3;2-3,5H,1H3/b;4-3-;3-2+. The van der Waals surface area contributed by atoms with Gasteiger partial charge in [0.15, 0.2) is 0 Å². The number of aryl methyl sites for hydroxylation is 1. The Labute approximate surface area is 205 Å². The highest BCUT2D eigenvalue weighted by Crippen LogP contribution is 2.30. The van der Waals surface area contributed by atoms with Crippen LogP contribution >= 0.6 is 50.7 Å². The summed E-state index contributed by atoms with van der Waals surface area (Å²) in [5, 5.41) is 12.3. The highest BCUT2D eigenvalue weighted by Gasteiger charge is 2.20. The first-order chi connectivity index (χ1) is 14.7. The zero-order valence-corrected chi connectivity index (χ0v) is 21.6. The quantitative estimate of drug-likeness (QED) is 0.430. The molecule has 0 atom stereocenters. The molecule has 0 saturated carbocycles. The third kappa shape index (κ3) is 10.2. The molecule has 170 valence electrons. The molecular weight excluding hydrogens is 529 g/mol. The molecule has 1 heterocycles. The van der Waals surface area contributed by atoms with Gasteiger partial charge in [-0.1, -0.05) is 47.0 Å². The van der Waals surface area contributed by atoms with E-state index in [2.05, 4.69) is 37.0 Å². The third-order valence-corrected chi connectivity index (χ3v) is 4.44. The minimum absolute atomic E-state index is 0.167. The number of nitrogens with one attached hydrogen (secondary N) is 3. The first-order valence-corrected chi connectivity index (χ1v) is 10.9. The number of carbonyl (C=O) groups is 2.